The number of amides is 1. The van der Waals surface area contributed by atoms with Crippen molar-refractivity contribution in [3.8, 4) is 0 Å². The first kappa shape index (κ1) is 16.4. The number of nitrogens with zero attached hydrogens (tertiary/aromatic N) is 3. The maximum absolute atomic E-state index is 12.9. The van der Waals surface area contributed by atoms with Gasteiger partial charge in [0.15, 0.2) is 0 Å². The Morgan fingerprint density at radius 2 is 2.04 bits per heavy atom. The third-order valence-electron chi connectivity index (χ3n) is 3.75. The summed E-state index contributed by atoms with van der Waals surface area (Å²) in [6.45, 7) is 5.15. The lowest BCUT2D eigenvalue weighted by Gasteiger charge is -2.20. The molecule has 124 valence electrons. The molecule has 1 aromatic carbocycles. The van der Waals surface area contributed by atoms with E-state index in [-0.39, 0.29) is 5.91 Å². The number of benzene rings is 1. The van der Waals surface area contributed by atoms with Crippen molar-refractivity contribution < 1.29 is 4.79 Å². The molecule has 3 aromatic rings. The topological polar surface area (TPSA) is 61.9 Å². The van der Waals surface area contributed by atoms with Crippen molar-refractivity contribution in [2.45, 2.75) is 32.9 Å². The summed E-state index contributed by atoms with van der Waals surface area (Å²) in [4.78, 5) is 19.0. The summed E-state index contributed by atoms with van der Waals surface area (Å²) in [5.74, 6) is 0.220. The third-order valence-corrected chi connectivity index (χ3v) is 4.52. The zero-order valence-electron chi connectivity index (χ0n) is 13.8. The third kappa shape index (κ3) is 3.89. The number of nitrogens with one attached hydrogen (secondary N) is 1. The van der Waals surface area contributed by atoms with Gasteiger partial charge in [0.05, 0.1) is 6.54 Å². The Morgan fingerprint density at radius 1 is 1.25 bits per heavy atom. The number of hydrogen-bond donors (Lipinski definition) is 1. The second-order valence-corrected chi connectivity index (χ2v) is 6.92. The molecule has 0 saturated heterocycles. The molecule has 0 spiro atoms. The van der Waals surface area contributed by atoms with E-state index in [9.17, 15) is 4.79 Å². The van der Waals surface area contributed by atoms with Gasteiger partial charge in [-0.15, -0.1) is 11.3 Å². The second-order valence-electron chi connectivity index (χ2n) is 5.94. The van der Waals surface area contributed by atoms with Crippen molar-refractivity contribution in [1.29, 1.82) is 0 Å². The van der Waals surface area contributed by atoms with Gasteiger partial charge < -0.3 is 4.90 Å². The lowest BCUT2D eigenvalue weighted by molar-refractivity contribution is 0.0724. The van der Waals surface area contributed by atoms with Crippen LogP contribution in [0.4, 0.5) is 0 Å². The van der Waals surface area contributed by atoms with E-state index in [0.29, 0.717) is 24.7 Å². The SMILES string of the molecule is CC(C)c1cc(C(=O)N(Cc2ccccc2)Cc2nccs2)n[nH]1. The standard InChI is InChI=1S/C18H20N4OS/c1-13(2)15-10-16(21-20-15)18(23)22(12-17-19-8-9-24-17)11-14-6-4-3-5-7-14/h3-10,13H,11-12H2,1-2H3,(H,20,21). The first-order valence-electron chi connectivity index (χ1n) is 7.90. The van der Waals surface area contributed by atoms with Gasteiger partial charge >= 0.3 is 0 Å². The lowest BCUT2D eigenvalue weighted by atomic mass is 10.1. The van der Waals surface area contributed by atoms with E-state index in [1.807, 2.05) is 41.8 Å². The molecule has 0 aliphatic carbocycles. The number of carbonyl (C=O) groups is 1. The maximum Gasteiger partial charge on any atom is 0.275 e. The molecule has 5 nitrogen and oxygen atoms in total. The molecule has 0 aliphatic heterocycles. The Kier molecular flexibility index (Phi) is 5.05. The molecule has 2 heterocycles. The van der Waals surface area contributed by atoms with Crippen LogP contribution in [0.5, 0.6) is 0 Å². The predicted molar refractivity (Wildman–Crippen MR) is 94.8 cm³/mol. The maximum atomic E-state index is 12.9. The van der Waals surface area contributed by atoms with Gasteiger partial charge in [-0.25, -0.2) is 4.98 Å². The Labute approximate surface area is 145 Å². The van der Waals surface area contributed by atoms with Gasteiger partial charge in [-0.1, -0.05) is 44.2 Å². The summed E-state index contributed by atoms with van der Waals surface area (Å²) in [7, 11) is 0. The molecule has 0 atom stereocenters. The van der Waals surface area contributed by atoms with Crippen LogP contribution < -0.4 is 0 Å². The summed E-state index contributed by atoms with van der Waals surface area (Å²) >= 11 is 1.55. The highest BCUT2D eigenvalue weighted by Gasteiger charge is 2.21. The highest BCUT2D eigenvalue weighted by molar-refractivity contribution is 7.09. The van der Waals surface area contributed by atoms with Crippen molar-refractivity contribution in [3.05, 3.63) is 69.9 Å². The first-order chi connectivity index (χ1) is 11.6. The second kappa shape index (κ2) is 7.40. The van der Waals surface area contributed by atoms with E-state index in [2.05, 4.69) is 29.0 Å². The molecule has 6 heteroatoms. The molecule has 2 aromatic heterocycles. The van der Waals surface area contributed by atoms with Crippen LogP contribution >= 0.6 is 11.3 Å². The van der Waals surface area contributed by atoms with Gasteiger partial charge in [0.1, 0.15) is 10.7 Å². The number of aromatic nitrogens is 3. The van der Waals surface area contributed by atoms with Crippen LogP contribution in [0.1, 0.15) is 46.5 Å². The smallest absolute Gasteiger partial charge is 0.275 e. The molecule has 0 saturated carbocycles. The number of aromatic amines is 1. The average Bonchev–Trinajstić information content (AvgIpc) is 3.26. The fourth-order valence-corrected chi connectivity index (χ4v) is 3.03. The van der Waals surface area contributed by atoms with E-state index < -0.39 is 0 Å². The quantitative estimate of drug-likeness (QED) is 0.742. The molecule has 3 rings (SSSR count). The monoisotopic (exact) mass is 340 g/mol. The van der Waals surface area contributed by atoms with Crippen LogP contribution in [0, 0.1) is 0 Å². The van der Waals surface area contributed by atoms with Crippen LogP contribution in [0.3, 0.4) is 0 Å². The van der Waals surface area contributed by atoms with Gasteiger partial charge in [0.25, 0.3) is 5.91 Å². The largest absolute Gasteiger partial charge is 0.326 e. The van der Waals surface area contributed by atoms with Crippen molar-refractivity contribution >= 4 is 17.2 Å². The van der Waals surface area contributed by atoms with Crippen molar-refractivity contribution in [2.24, 2.45) is 0 Å². The van der Waals surface area contributed by atoms with Crippen molar-refractivity contribution in [1.82, 2.24) is 20.1 Å². The van der Waals surface area contributed by atoms with E-state index in [1.165, 1.54) is 0 Å². The fourth-order valence-electron chi connectivity index (χ4n) is 2.40. The molecule has 1 amide bonds. The Balaban J connectivity index is 1.83. The molecule has 0 fully saturated rings. The van der Waals surface area contributed by atoms with Gasteiger partial charge in [-0.3, -0.25) is 9.89 Å². The highest BCUT2D eigenvalue weighted by Crippen LogP contribution is 2.17. The van der Waals surface area contributed by atoms with Crippen molar-refractivity contribution in [2.75, 3.05) is 0 Å². The first-order valence-corrected chi connectivity index (χ1v) is 8.78. The minimum Gasteiger partial charge on any atom is -0.326 e. The fraction of sp³-hybridized carbons (Fsp3) is 0.278. The zero-order chi connectivity index (χ0) is 16.9. The summed E-state index contributed by atoms with van der Waals surface area (Å²) in [6.07, 6.45) is 1.76. The van der Waals surface area contributed by atoms with Crippen LogP contribution in [-0.4, -0.2) is 26.0 Å². The van der Waals surface area contributed by atoms with Crippen LogP contribution in [0.2, 0.25) is 0 Å². The zero-order valence-corrected chi connectivity index (χ0v) is 14.6. The molecule has 1 N–H and O–H groups in total. The molecule has 0 radical (unpaired) electrons. The number of thiazole rings is 1. The van der Waals surface area contributed by atoms with Crippen LogP contribution in [0.15, 0.2) is 48.0 Å². The minimum atomic E-state index is -0.0859. The van der Waals surface area contributed by atoms with Crippen LogP contribution in [0.25, 0.3) is 0 Å². The van der Waals surface area contributed by atoms with E-state index in [0.717, 1.165) is 16.3 Å². The molecule has 0 unspecified atom stereocenters. The summed E-state index contributed by atoms with van der Waals surface area (Å²) in [6, 6.07) is 11.8. The van der Waals surface area contributed by atoms with Gasteiger partial charge in [-0.05, 0) is 17.5 Å². The summed E-state index contributed by atoms with van der Waals surface area (Å²) < 4.78 is 0. The van der Waals surface area contributed by atoms with Crippen LogP contribution in [-0.2, 0) is 13.1 Å². The molecular weight excluding hydrogens is 320 g/mol. The minimum absolute atomic E-state index is 0.0859. The molecule has 24 heavy (non-hydrogen) atoms. The molecule has 0 aliphatic rings. The average molecular weight is 340 g/mol. The van der Waals surface area contributed by atoms with Gasteiger partial charge in [0, 0.05) is 23.8 Å². The predicted octanol–water partition coefficient (Wildman–Crippen LogP) is 3.83. The normalized spacial score (nSPS) is 11.0. The number of carbonyl (C=O) groups excluding carboxylic acids is 1. The van der Waals surface area contributed by atoms with Gasteiger partial charge in [0.2, 0.25) is 0 Å². The Bertz CT molecular complexity index is 780. The molecular formula is C18H20N4OS. The highest BCUT2D eigenvalue weighted by atomic mass is 32.1. The van der Waals surface area contributed by atoms with E-state index in [4.69, 9.17) is 0 Å². The number of hydrogen-bond acceptors (Lipinski definition) is 4. The summed E-state index contributed by atoms with van der Waals surface area (Å²) in [5, 5.41) is 9.99. The summed E-state index contributed by atoms with van der Waals surface area (Å²) in [5.41, 5.74) is 2.50. The van der Waals surface area contributed by atoms with Crippen molar-refractivity contribution in [3.63, 3.8) is 0 Å². The lowest BCUT2D eigenvalue weighted by Crippen LogP contribution is -2.30. The number of rotatable bonds is 6. The molecule has 0 bridgehead atoms. The van der Waals surface area contributed by atoms with E-state index in [1.54, 1.807) is 22.4 Å². The Morgan fingerprint density at radius 3 is 2.67 bits per heavy atom. The van der Waals surface area contributed by atoms with E-state index >= 15 is 0 Å². The Hall–Kier alpha value is -2.47. The van der Waals surface area contributed by atoms with Gasteiger partial charge in [-0.2, -0.15) is 5.10 Å². The number of H-pyrrole nitrogens is 1.